The number of anilines is 1. The predicted octanol–water partition coefficient (Wildman–Crippen LogP) is 3.55. The Balaban J connectivity index is 1.60. The van der Waals surface area contributed by atoms with Crippen molar-refractivity contribution in [1.82, 2.24) is 19.8 Å². The zero-order valence-electron chi connectivity index (χ0n) is 12.4. The number of carbonyl (C=O) groups is 1. The van der Waals surface area contributed by atoms with E-state index < -0.39 is 0 Å². The van der Waals surface area contributed by atoms with Gasteiger partial charge in [0.25, 0.3) is 5.91 Å². The molecule has 0 unspecified atom stereocenters. The number of nitrogens with one attached hydrogen (secondary N) is 1. The molecule has 3 rings (SSSR count). The van der Waals surface area contributed by atoms with Crippen molar-refractivity contribution in [3.8, 4) is 0 Å². The third kappa shape index (κ3) is 4.12. The van der Waals surface area contributed by atoms with Crippen LogP contribution in [-0.2, 0) is 5.75 Å². The van der Waals surface area contributed by atoms with E-state index in [1.54, 1.807) is 18.7 Å². The highest BCUT2D eigenvalue weighted by Gasteiger charge is 2.15. The minimum atomic E-state index is -0.246. The van der Waals surface area contributed by atoms with Crippen molar-refractivity contribution in [2.75, 3.05) is 5.32 Å². The number of aromatic nitrogens is 4. The number of aryl methyl sites for hydroxylation is 2. The largest absolute Gasteiger partial charge is 0.296 e. The summed E-state index contributed by atoms with van der Waals surface area (Å²) in [5.41, 5.74) is 3.09. The van der Waals surface area contributed by atoms with E-state index >= 15 is 0 Å². The first-order valence-electron chi connectivity index (χ1n) is 6.74. The Morgan fingerprint density at radius 2 is 2.13 bits per heavy atom. The Hall–Kier alpha value is -1.84. The second-order valence-corrected chi connectivity index (χ2v) is 7.75. The summed E-state index contributed by atoms with van der Waals surface area (Å²) in [4.78, 5) is 12.6. The maximum Gasteiger partial charge on any atom is 0.271 e. The van der Waals surface area contributed by atoms with Crippen molar-refractivity contribution in [3.05, 3.63) is 46.0 Å². The van der Waals surface area contributed by atoms with E-state index in [-0.39, 0.29) is 5.91 Å². The zero-order valence-corrected chi connectivity index (χ0v) is 14.9. The van der Waals surface area contributed by atoms with E-state index in [2.05, 4.69) is 50.2 Å². The van der Waals surface area contributed by atoms with Gasteiger partial charge in [-0.2, -0.15) is 0 Å². The smallest absolute Gasteiger partial charge is 0.271 e. The number of thioether (sulfide) groups is 1. The first kappa shape index (κ1) is 16.0. The minimum Gasteiger partial charge on any atom is -0.296 e. The molecule has 6 nitrogen and oxygen atoms in total. The lowest BCUT2D eigenvalue weighted by Crippen LogP contribution is -2.11. The molecule has 0 saturated carbocycles. The van der Waals surface area contributed by atoms with Crippen molar-refractivity contribution in [3.63, 3.8) is 0 Å². The van der Waals surface area contributed by atoms with Gasteiger partial charge in [-0.05, 0) is 30.9 Å². The van der Waals surface area contributed by atoms with Gasteiger partial charge >= 0.3 is 0 Å². The number of hydrogen-bond donors (Lipinski definition) is 1. The Bertz CT molecular complexity index is 829. The molecule has 0 bridgehead atoms. The average Bonchev–Trinajstić information content (AvgIpc) is 3.14. The molecule has 3 aromatic rings. The molecule has 0 aliphatic rings. The maximum atomic E-state index is 12.1. The maximum absolute atomic E-state index is 12.1. The zero-order chi connectivity index (χ0) is 16.2. The highest BCUT2D eigenvalue weighted by molar-refractivity contribution is 8.00. The van der Waals surface area contributed by atoms with Crippen LogP contribution in [-0.4, -0.2) is 25.7 Å². The van der Waals surface area contributed by atoms with Gasteiger partial charge in [-0.3, -0.25) is 10.1 Å². The number of carbonyl (C=O) groups excluding carboxylic acids is 1. The third-order valence-electron chi connectivity index (χ3n) is 2.93. The highest BCUT2D eigenvalue weighted by atomic mass is 32.2. The summed E-state index contributed by atoms with van der Waals surface area (Å²) in [6, 6.07) is 8.35. The second-order valence-electron chi connectivity index (χ2n) is 4.79. The summed E-state index contributed by atoms with van der Waals surface area (Å²) in [6.45, 7) is 3.82. The van der Waals surface area contributed by atoms with Gasteiger partial charge in [-0.15, -0.1) is 15.3 Å². The van der Waals surface area contributed by atoms with Crippen LogP contribution in [0.4, 0.5) is 5.13 Å². The Labute approximate surface area is 145 Å². The lowest BCUT2D eigenvalue weighted by Gasteiger charge is -1.99. The molecule has 1 N–H and O–H groups in total. The molecule has 0 radical (unpaired) electrons. The van der Waals surface area contributed by atoms with Gasteiger partial charge in [0.2, 0.25) is 5.13 Å². The Morgan fingerprint density at radius 3 is 2.87 bits per heavy atom. The van der Waals surface area contributed by atoms with E-state index in [1.165, 1.54) is 22.5 Å². The summed E-state index contributed by atoms with van der Waals surface area (Å²) in [7, 11) is 0. The van der Waals surface area contributed by atoms with Crippen LogP contribution in [0.3, 0.4) is 0 Å². The molecule has 0 aliphatic carbocycles. The average molecular weight is 363 g/mol. The molecule has 23 heavy (non-hydrogen) atoms. The summed E-state index contributed by atoms with van der Waals surface area (Å²) >= 11 is 4.03. The molecule has 1 amide bonds. The molecular formula is C14H13N5OS3. The molecule has 0 aliphatic heterocycles. The van der Waals surface area contributed by atoms with Crippen LogP contribution in [0.5, 0.6) is 0 Å². The molecule has 0 spiro atoms. The van der Waals surface area contributed by atoms with E-state index in [0.717, 1.165) is 21.6 Å². The van der Waals surface area contributed by atoms with Crippen molar-refractivity contribution in [2.24, 2.45) is 0 Å². The minimum absolute atomic E-state index is 0.246. The fourth-order valence-corrected chi connectivity index (χ4v) is 4.10. The number of benzene rings is 1. The van der Waals surface area contributed by atoms with E-state index in [4.69, 9.17) is 0 Å². The van der Waals surface area contributed by atoms with Crippen LogP contribution in [0.1, 0.15) is 26.5 Å². The lowest BCUT2D eigenvalue weighted by atomic mass is 10.2. The SMILES string of the molecule is Cc1cccc(CSc2nnc(NC(=O)c3snnc3C)s2)c1. The first-order valence-corrected chi connectivity index (χ1v) is 9.31. The van der Waals surface area contributed by atoms with Gasteiger partial charge in [-0.1, -0.05) is 57.4 Å². The number of hydrogen-bond acceptors (Lipinski definition) is 8. The van der Waals surface area contributed by atoms with Crippen molar-refractivity contribution >= 4 is 45.7 Å². The van der Waals surface area contributed by atoms with Crippen molar-refractivity contribution in [1.29, 1.82) is 0 Å². The number of amides is 1. The lowest BCUT2D eigenvalue weighted by molar-refractivity contribution is 0.102. The van der Waals surface area contributed by atoms with E-state index in [1.807, 2.05) is 6.07 Å². The topological polar surface area (TPSA) is 80.7 Å². The molecule has 118 valence electrons. The second kappa shape index (κ2) is 7.16. The summed E-state index contributed by atoms with van der Waals surface area (Å²) in [6.07, 6.45) is 0. The van der Waals surface area contributed by atoms with Crippen LogP contribution in [0.25, 0.3) is 0 Å². The highest BCUT2D eigenvalue weighted by Crippen LogP contribution is 2.28. The fraction of sp³-hybridized carbons (Fsp3) is 0.214. The Morgan fingerprint density at radius 1 is 1.26 bits per heavy atom. The first-order chi connectivity index (χ1) is 11.1. The third-order valence-corrected chi connectivity index (χ3v) is 5.80. The molecule has 2 aromatic heterocycles. The monoisotopic (exact) mass is 363 g/mol. The van der Waals surface area contributed by atoms with Gasteiger partial charge in [0.05, 0.1) is 5.69 Å². The normalized spacial score (nSPS) is 10.7. The molecular weight excluding hydrogens is 350 g/mol. The fourth-order valence-electron chi connectivity index (χ4n) is 1.86. The van der Waals surface area contributed by atoms with Gasteiger partial charge < -0.3 is 0 Å². The van der Waals surface area contributed by atoms with E-state index in [9.17, 15) is 4.79 Å². The molecule has 2 heterocycles. The van der Waals surface area contributed by atoms with Crippen molar-refractivity contribution in [2.45, 2.75) is 23.9 Å². The van der Waals surface area contributed by atoms with Crippen LogP contribution in [0, 0.1) is 13.8 Å². The van der Waals surface area contributed by atoms with Gasteiger partial charge in [-0.25, -0.2) is 0 Å². The van der Waals surface area contributed by atoms with Gasteiger partial charge in [0.1, 0.15) is 4.88 Å². The predicted molar refractivity (Wildman–Crippen MR) is 93.2 cm³/mol. The number of nitrogens with zero attached hydrogens (tertiary/aromatic N) is 4. The van der Waals surface area contributed by atoms with Gasteiger partial charge in [0, 0.05) is 5.75 Å². The van der Waals surface area contributed by atoms with Crippen LogP contribution in [0.2, 0.25) is 0 Å². The van der Waals surface area contributed by atoms with Gasteiger partial charge in [0.15, 0.2) is 4.34 Å². The van der Waals surface area contributed by atoms with Crippen molar-refractivity contribution < 1.29 is 4.79 Å². The quantitative estimate of drug-likeness (QED) is 0.551. The standard InChI is InChI=1S/C14H13N5OS3/c1-8-4-3-5-10(6-8)7-21-14-18-17-13(22-14)15-12(20)11-9(2)16-19-23-11/h3-6H,7H2,1-2H3,(H,15,17,20). The molecule has 0 fully saturated rings. The summed E-state index contributed by atoms with van der Waals surface area (Å²) in [5, 5.41) is 15.1. The molecule has 9 heteroatoms. The van der Waals surface area contributed by atoms with E-state index in [0.29, 0.717) is 15.7 Å². The van der Waals surface area contributed by atoms with Crippen LogP contribution >= 0.6 is 34.6 Å². The summed E-state index contributed by atoms with van der Waals surface area (Å²) in [5.74, 6) is 0.575. The molecule has 0 saturated heterocycles. The number of rotatable bonds is 5. The molecule has 1 aromatic carbocycles. The Kier molecular flexibility index (Phi) is 4.99. The van der Waals surface area contributed by atoms with Crippen LogP contribution < -0.4 is 5.32 Å². The summed E-state index contributed by atoms with van der Waals surface area (Å²) < 4.78 is 4.57. The molecule has 0 atom stereocenters. The van der Waals surface area contributed by atoms with Crippen LogP contribution in [0.15, 0.2) is 28.6 Å².